The average molecular weight is 230 g/mol. The molecule has 1 atom stereocenters. The van der Waals surface area contributed by atoms with Crippen molar-refractivity contribution in [2.75, 3.05) is 13.1 Å². The van der Waals surface area contributed by atoms with Crippen molar-refractivity contribution in [2.45, 2.75) is 20.8 Å². The normalized spacial score (nSPS) is 22.2. The van der Waals surface area contributed by atoms with Gasteiger partial charge in [-0.1, -0.05) is 28.9 Å². The van der Waals surface area contributed by atoms with Crippen LogP contribution >= 0.6 is 15.9 Å². The second-order valence-corrected chi connectivity index (χ2v) is 3.91. The van der Waals surface area contributed by atoms with Crippen LogP contribution in [0.15, 0.2) is 22.3 Å². The van der Waals surface area contributed by atoms with E-state index in [9.17, 15) is 0 Å². The molecule has 0 aromatic heterocycles. The van der Waals surface area contributed by atoms with E-state index in [0.29, 0.717) is 5.92 Å². The monoisotopic (exact) mass is 229 g/mol. The number of hydrogen-bond acceptors (Lipinski definition) is 1. The SMILES string of the molecule is CCN(CC)C1=C(Br)C(C)C=C1. The number of nitrogens with zero attached hydrogens (tertiary/aromatic N) is 1. The largest absolute Gasteiger partial charge is 0.371 e. The predicted octanol–water partition coefficient (Wildman–Crippen LogP) is 3.14. The number of hydrogen-bond donors (Lipinski definition) is 0. The summed E-state index contributed by atoms with van der Waals surface area (Å²) in [6, 6.07) is 0. The lowest BCUT2D eigenvalue weighted by atomic mass is 10.2. The molecule has 68 valence electrons. The number of rotatable bonds is 3. The van der Waals surface area contributed by atoms with Crippen molar-refractivity contribution in [3.63, 3.8) is 0 Å². The van der Waals surface area contributed by atoms with Crippen LogP contribution in [0.2, 0.25) is 0 Å². The molecule has 12 heavy (non-hydrogen) atoms. The van der Waals surface area contributed by atoms with Crippen LogP contribution in [-0.2, 0) is 0 Å². The van der Waals surface area contributed by atoms with Crippen LogP contribution in [0.4, 0.5) is 0 Å². The van der Waals surface area contributed by atoms with Crippen LogP contribution in [0.25, 0.3) is 0 Å². The predicted molar refractivity (Wildman–Crippen MR) is 57.2 cm³/mol. The minimum Gasteiger partial charge on any atom is -0.371 e. The molecule has 0 N–H and O–H groups in total. The molecule has 0 amide bonds. The molecule has 0 heterocycles. The van der Waals surface area contributed by atoms with Crippen molar-refractivity contribution < 1.29 is 0 Å². The molecule has 0 saturated heterocycles. The van der Waals surface area contributed by atoms with Gasteiger partial charge in [0.15, 0.2) is 0 Å². The van der Waals surface area contributed by atoms with E-state index in [0.717, 1.165) is 13.1 Å². The summed E-state index contributed by atoms with van der Waals surface area (Å²) in [5, 5.41) is 0. The molecule has 1 aliphatic carbocycles. The van der Waals surface area contributed by atoms with Crippen molar-refractivity contribution >= 4 is 15.9 Å². The molecule has 0 aliphatic heterocycles. The van der Waals surface area contributed by atoms with Gasteiger partial charge in [-0.05, 0) is 19.9 Å². The maximum Gasteiger partial charge on any atom is 0.0471 e. The van der Waals surface area contributed by atoms with Gasteiger partial charge in [-0.3, -0.25) is 0 Å². The van der Waals surface area contributed by atoms with Gasteiger partial charge >= 0.3 is 0 Å². The van der Waals surface area contributed by atoms with E-state index in [1.807, 2.05) is 0 Å². The highest BCUT2D eigenvalue weighted by atomic mass is 79.9. The van der Waals surface area contributed by atoms with Crippen molar-refractivity contribution in [3.8, 4) is 0 Å². The van der Waals surface area contributed by atoms with Gasteiger partial charge in [-0.15, -0.1) is 0 Å². The second kappa shape index (κ2) is 4.13. The molecule has 1 unspecified atom stereocenters. The van der Waals surface area contributed by atoms with Crippen molar-refractivity contribution in [2.24, 2.45) is 5.92 Å². The minimum atomic E-state index is 0.556. The molecule has 1 nitrogen and oxygen atoms in total. The maximum absolute atomic E-state index is 3.63. The van der Waals surface area contributed by atoms with Crippen LogP contribution in [0.5, 0.6) is 0 Å². The Morgan fingerprint density at radius 3 is 2.33 bits per heavy atom. The standard InChI is InChI=1S/C10H16BrN/c1-4-12(5-2)9-7-6-8(3)10(9)11/h6-8H,4-5H2,1-3H3. The first-order valence-corrected chi connectivity index (χ1v) is 5.32. The van der Waals surface area contributed by atoms with Gasteiger partial charge < -0.3 is 4.90 Å². The lowest BCUT2D eigenvalue weighted by Crippen LogP contribution is -2.21. The van der Waals surface area contributed by atoms with Gasteiger partial charge in [0.1, 0.15) is 0 Å². The van der Waals surface area contributed by atoms with Crippen molar-refractivity contribution in [1.29, 1.82) is 0 Å². The summed E-state index contributed by atoms with van der Waals surface area (Å²) in [5.41, 5.74) is 1.35. The summed E-state index contributed by atoms with van der Waals surface area (Å²) >= 11 is 3.63. The Bertz CT molecular complexity index is 214. The fourth-order valence-electron chi connectivity index (χ4n) is 1.45. The maximum atomic E-state index is 3.63. The number of halogens is 1. The van der Waals surface area contributed by atoms with E-state index >= 15 is 0 Å². The third-order valence-corrected chi connectivity index (χ3v) is 3.42. The first-order valence-electron chi connectivity index (χ1n) is 4.53. The number of likely N-dealkylation sites (N-methyl/N-ethyl adjacent to an activating group) is 1. The first kappa shape index (κ1) is 9.85. The van der Waals surface area contributed by atoms with Gasteiger partial charge in [0.25, 0.3) is 0 Å². The van der Waals surface area contributed by atoms with Crippen LogP contribution in [-0.4, -0.2) is 18.0 Å². The summed E-state index contributed by atoms with van der Waals surface area (Å²) in [5.74, 6) is 0.556. The molecule has 2 heteroatoms. The molecule has 0 bridgehead atoms. The smallest absolute Gasteiger partial charge is 0.0471 e. The molecule has 0 fully saturated rings. The van der Waals surface area contributed by atoms with Gasteiger partial charge in [0.05, 0.1) is 0 Å². The number of allylic oxidation sites excluding steroid dienone is 3. The van der Waals surface area contributed by atoms with E-state index in [1.54, 1.807) is 0 Å². The summed E-state index contributed by atoms with van der Waals surface area (Å²) in [6.07, 6.45) is 4.44. The summed E-state index contributed by atoms with van der Waals surface area (Å²) in [7, 11) is 0. The average Bonchev–Trinajstić information content (AvgIpc) is 2.38. The molecule has 0 saturated carbocycles. The fraction of sp³-hybridized carbons (Fsp3) is 0.600. The van der Waals surface area contributed by atoms with Gasteiger partial charge in [0.2, 0.25) is 0 Å². The first-order chi connectivity index (χ1) is 5.70. The molecule has 0 radical (unpaired) electrons. The minimum absolute atomic E-state index is 0.556. The molecule has 0 aromatic carbocycles. The Hall–Kier alpha value is -0.240. The van der Waals surface area contributed by atoms with Gasteiger partial charge in [-0.25, -0.2) is 0 Å². The van der Waals surface area contributed by atoms with E-state index in [4.69, 9.17) is 0 Å². The van der Waals surface area contributed by atoms with Crippen LogP contribution in [0, 0.1) is 5.92 Å². The lowest BCUT2D eigenvalue weighted by molar-refractivity contribution is 0.393. The highest BCUT2D eigenvalue weighted by molar-refractivity contribution is 9.11. The Morgan fingerprint density at radius 2 is 2.00 bits per heavy atom. The second-order valence-electron chi connectivity index (χ2n) is 3.05. The zero-order chi connectivity index (χ0) is 9.14. The van der Waals surface area contributed by atoms with Crippen molar-refractivity contribution in [3.05, 3.63) is 22.3 Å². The van der Waals surface area contributed by atoms with E-state index in [-0.39, 0.29) is 0 Å². The third kappa shape index (κ3) is 1.74. The topological polar surface area (TPSA) is 3.24 Å². The fourth-order valence-corrected chi connectivity index (χ4v) is 1.99. The highest BCUT2D eigenvalue weighted by Gasteiger charge is 2.16. The summed E-state index contributed by atoms with van der Waals surface area (Å²) < 4.78 is 1.33. The lowest BCUT2D eigenvalue weighted by Gasteiger charge is -2.22. The molecular weight excluding hydrogens is 214 g/mol. The zero-order valence-electron chi connectivity index (χ0n) is 7.97. The van der Waals surface area contributed by atoms with E-state index < -0.39 is 0 Å². The van der Waals surface area contributed by atoms with E-state index in [2.05, 4.69) is 53.8 Å². The third-order valence-electron chi connectivity index (χ3n) is 2.29. The van der Waals surface area contributed by atoms with Crippen molar-refractivity contribution in [1.82, 2.24) is 4.90 Å². The molecular formula is C10H16BrN. The Balaban J connectivity index is 2.80. The van der Waals surface area contributed by atoms with Crippen LogP contribution < -0.4 is 0 Å². The quantitative estimate of drug-likeness (QED) is 0.719. The van der Waals surface area contributed by atoms with Crippen LogP contribution in [0.3, 0.4) is 0 Å². The Labute approximate surface area is 83.3 Å². The molecule has 0 aromatic rings. The Morgan fingerprint density at radius 1 is 1.42 bits per heavy atom. The molecule has 1 aliphatic rings. The summed E-state index contributed by atoms with van der Waals surface area (Å²) in [6.45, 7) is 8.74. The Kier molecular flexibility index (Phi) is 3.39. The molecule has 0 spiro atoms. The molecule has 1 rings (SSSR count). The summed E-state index contributed by atoms with van der Waals surface area (Å²) in [4.78, 5) is 2.37. The van der Waals surface area contributed by atoms with Gasteiger partial charge in [-0.2, -0.15) is 0 Å². The van der Waals surface area contributed by atoms with Gasteiger partial charge in [0, 0.05) is 29.2 Å². The van der Waals surface area contributed by atoms with Crippen LogP contribution in [0.1, 0.15) is 20.8 Å². The highest BCUT2D eigenvalue weighted by Crippen LogP contribution is 2.31. The van der Waals surface area contributed by atoms with E-state index in [1.165, 1.54) is 10.2 Å². The zero-order valence-corrected chi connectivity index (χ0v) is 9.56.